The summed E-state index contributed by atoms with van der Waals surface area (Å²) in [6.45, 7) is 0. The summed E-state index contributed by atoms with van der Waals surface area (Å²) < 4.78 is 2.65. The number of hydrogen-bond acceptors (Lipinski definition) is 2. The SMILES string of the molecule is c1ccc(-c2cccc(N(c3ccc(-c4cc5ccccc5c5ccccc45)cc3)c3ccc4cc5c(cc4c3)sc3ccccc35)c2)cc1. The summed E-state index contributed by atoms with van der Waals surface area (Å²) in [6.07, 6.45) is 0. The van der Waals surface area contributed by atoms with Crippen molar-refractivity contribution >= 4 is 80.9 Å². The van der Waals surface area contributed by atoms with Gasteiger partial charge in [-0.15, -0.1) is 11.3 Å². The maximum absolute atomic E-state index is 2.39. The summed E-state index contributed by atoms with van der Waals surface area (Å²) in [5.41, 5.74) is 8.23. The quantitative estimate of drug-likeness (QED) is 0.167. The summed E-state index contributed by atoms with van der Waals surface area (Å²) in [7, 11) is 0. The van der Waals surface area contributed by atoms with Gasteiger partial charge >= 0.3 is 0 Å². The molecule has 0 aliphatic carbocycles. The molecule has 0 aliphatic rings. The van der Waals surface area contributed by atoms with E-state index in [1.807, 2.05) is 11.3 Å². The molecule has 9 aromatic carbocycles. The molecule has 0 fully saturated rings. The van der Waals surface area contributed by atoms with Crippen LogP contribution in [0.3, 0.4) is 0 Å². The lowest BCUT2D eigenvalue weighted by Gasteiger charge is -2.27. The zero-order valence-corrected chi connectivity index (χ0v) is 28.1. The molecule has 0 spiro atoms. The predicted molar refractivity (Wildman–Crippen MR) is 217 cm³/mol. The molecule has 1 heterocycles. The Hall–Kier alpha value is -6.22. The van der Waals surface area contributed by atoms with Gasteiger partial charge in [-0.1, -0.05) is 127 Å². The van der Waals surface area contributed by atoms with Gasteiger partial charge in [-0.05, 0) is 115 Å². The average Bonchev–Trinajstić information content (AvgIpc) is 3.55. The Balaban J connectivity index is 1.13. The molecule has 0 aliphatic heterocycles. The van der Waals surface area contributed by atoms with Gasteiger partial charge in [-0.25, -0.2) is 0 Å². The maximum Gasteiger partial charge on any atom is 0.0468 e. The number of thiophene rings is 1. The second-order valence-corrected chi connectivity index (χ2v) is 14.1. The molecule has 10 aromatic rings. The van der Waals surface area contributed by atoms with Gasteiger partial charge in [0.1, 0.15) is 0 Å². The van der Waals surface area contributed by atoms with Gasteiger partial charge in [-0.3, -0.25) is 0 Å². The van der Waals surface area contributed by atoms with E-state index >= 15 is 0 Å². The average molecular weight is 654 g/mol. The van der Waals surface area contributed by atoms with Crippen molar-refractivity contribution in [3.8, 4) is 22.3 Å². The fourth-order valence-corrected chi connectivity index (χ4v) is 8.72. The third kappa shape index (κ3) is 4.84. The zero-order valence-electron chi connectivity index (χ0n) is 27.3. The van der Waals surface area contributed by atoms with Crippen LogP contribution in [-0.4, -0.2) is 0 Å². The van der Waals surface area contributed by atoms with Gasteiger partial charge < -0.3 is 4.90 Å². The van der Waals surface area contributed by atoms with E-state index in [0.717, 1.165) is 17.1 Å². The Morgan fingerprint density at radius 2 is 0.980 bits per heavy atom. The van der Waals surface area contributed by atoms with Crippen LogP contribution in [0.4, 0.5) is 17.1 Å². The molecule has 1 nitrogen and oxygen atoms in total. The highest BCUT2D eigenvalue weighted by molar-refractivity contribution is 7.25. The van der Waals surface area contributed by atoms with Crippen molar-refractivity contribution in [3.05, 3.63) is 188 Å². The van der Waals surface area contributed by atoms with Crippen molar-refractivity contribution in [1.29, 1.82) is 0 Å². The molecular weight excluding hydrogens is 623 g/mol. The summed E-state index contributed by atoms with van der Waals surface area (Å²) in [5.74, 6) is 0. The van der Waals surface area contributed by atoms with Crippen LogP contribution < -0.4 is 4.90 Å². The number of benzene rings is 9. The first-order chi connectivity index (χ1) is 24.8. The van der Waals surface area contributed by atoms with Crippen LogP contribution in [0.5, 0.6) is 0 Å². The molecule has 0 unspecified atom stereocenters. The zero-order chi connectivity index (χ0) is 33.0. The number of anilines is 3. The molecule has 0 atom stereocenters. The van der Waals surface area contributed by atoms with Gasteiger partial charge in [0.05, 0.1) is 0 Å². The van der Waals surface area contributed by atoms with E-state index in [9.17, 15) is 0 Å². The van der Waals surface area contributed by atoms with Crippen molar-refractivity contribution < 1.29 is 0 Å². The van der Waals surface area contributed by atoms with Gasteiger partial charge in [0.15, 0.2) is 0 Å². The smallest absolute Gasteiger partial charge is 0.0468 e. The number of nitrogens with zero attached hydrogens (tertiary/aromatic N) is 1. The van der Waals surface area contributed by atoms with E-state index in [-0.39, 0.29) is 0 Å². The fraction of sp³-hybridized carbons (Fsp3) is 0. The summed E-state index contributed by atoms with van der Waals surface area (Å²) in [4.78, 5) is 2.39. The molecule has 0 bridgehead atoms. The lowest BCUT2D eigenvalue weighted by Crippen LogP contribution is -2.10. The van der Waals surface area contributed by atoms with Crippen LogP contribution in [0.1, 0.15) is 0 Å². The Kier molecular flexibility index (Phi) is 6.75. The number of hydrogen-bond donors (Lipinski definition) is 0. The lowest BCUT2D eigenvalue weighted by atomic mass is 9.93. The van der Waals surface area contributed by atoms with Crippen molar-refractivity contribution in [1.82, 2.24) is 0 Å². The molecule has 0 radical (unpaired) electrons. The molecule has 50 heavy (non-hydrogen) atoms. The van der Waals surface area contributed by atoms with Gasteiger partial charge in [-0.2, -0.15) is 0 Å². The molecule has 0 amide bonds. The van der Waals surface area contributed by atoms with E-state index in [1.54, 1.807) is 0 Å². The van der Waals surface area contributed by atoms with Crippen LogP contribution in [0, 0.1) is 0 Å². The molecule has 0 saturated carbocycles. The first-order valence-electron chi connectivity index (χ1n) is 17.1. The molecule has 1 aromatic heterocycles. The van der Waals surface area contributed by atoms with Crippen molar-refractivity contribution in [2.24, 2.45) is 0 Å². The van der Waals surface area contributed by atoms with Crippen molar-refractivity contribution in [2.45, 2.75) is 0 Å². The Bertz CT molecular complexity index is 2870. The Labute approximate surface area is 294 Å². The minimum absolute atomic E-state index is 1.12. The standard InChI is InChI=1S/C48H31NS/c1-2-11-32(12-3-1)34-14-10-15-39(27-34)49(40-26-23-35-29-46-44-19-8-9-20-47(44)50-48(46)31-37(35)28-40)38-24-21-33(22-25-38)45-30-36-13-4-5-16-41(36)42-17-6-7-18-43(42)45/h1-31H. The highest BCUT2D eigenvalue weighted by atomic mass is 32.1. The third-order valence-corrected chi connectivity index (χ3v) is 11.1. The van der Waals surface area contributed by atoms with Crippen LogP contribution in [0.2, 0.25) is 0 Å². The van der Waals surface area contributed by atoms with Gasteiger partial charge in [0, 0.05) is 37.2 Å². The second-order valence-electron chi connectivity index (χ2n) is 13.0. The maximum atomic E-state index is 2.39. The molecule has 10 rings (SSSR count). The molecule has 2 heteroatoms. The van der Waals surface area contributed by atoms with E-state index in [4.69, 9.17) is 0 Å². The van der Waals surface area contributed by atoms with Gasteiger partial charge in [0.25, 0.3) is 0 Å². The first kappa shape index (κ1) is 28.8. The third-order valence-electron chi connectivity index (χ3n) is 9.99. The van der Waals surface area contributed by atoms with Gasteiger partial charge in [0.2, 0.25) is 0 Å². The second kappa shape index (κ2) is 11.7. The highest BCUT2D eigenvalue weighted by Gasteiger charge is 2.16. The van der Waals surface area contributed by atoms with E-state index in [1.165, 1.54) is 74.7 Å². The minimum Gasteiger partial charge on any atom is -0.310 e. The molecule has 0 N–H and O–H groups in total. The van der Waals surface area contributed by atoms with Crippen molar-refractivity contribution in [2.75, 3.05) is 4.90 Å². The summed E-state index contributed by atoms with van der Waals surface area (Å²) >= 11 is 1.87. The lowest BCUT2D eigenvalue weighted by molar-refractivity contribution is 1.29. The molecule has 0 saturated heterocycles. The van der Waals surface area contributed by atoms with E-state index in [0.29, 0.717) is 0 Å². The largest absolute Gasteiger partial charge is 0.310 e. The topological polar surface area (TPSA) is 3.24 Å². The predicted octanol–water partition coefficient (Wildman–Crippen LogP) is 14.3. The van der Waals surface area contributed by atoms with Crippen LogP contribution in [0.25, 0.3) is 74.7 Å². The normalized spacial score (nSPS) is 11.6. The highest BCUT2D eigenvalue weighted by Crippen LogP contribution is 2.42. The van der Waals surface area contributed by atoms with Crippen LogP contribution in [0.15, 0.2) is 188 Å². The monoisotopic (exact) mass is 653 g/mol. The first-order valence-corrected chi connectivity index (χ1v) is 17.9. The Morgan fingerprint density at radius 3 is 1.84 bits per heavy atom. The summed E-state index contributed by atoms with van der Waals surface area (Å²) in [6, 6.07) is 68.8. The Morgan fingerprint density at radius 1 is 0.300 bits per heavy atom. The van der Waals surface area contributed by atoms with Crippen LogP contribution in [-0.2, 0) is 0 Å². The number of rotatable bonds is 5. The van der Waals surface area contributed by atoms with E-state index < -0.39 is 0 Å². The fourth-order valence-electron chi connectivity index (χ4n) is 7.58. The minimum atomic E-state index is 1.12. The van der Waals surface area contributed by atoms with E-state index in [2.05, 4.69) is 193 Å². The molecular formula is C48H31NS. The number of fused-ring (bicyclic) bond motifs is 7. The van der Waals surface area contributed by atoms with Crippen LogP contribution >= 0.6 is 11.3 Å². The molecule has 234 valence electrons. The summed E-state index contributed by atoms with van der Waals surface area (Å²) in [5, 5.41) is 10.3. The van der Waals surface area contributed by atoms with Crippen molar-refractivity contribution in [3.63, 3.8) is 0 Å².